The third kappa shape index (κ3) is 4.05. The molecule has 0 aromatic heterocycles. The fourth-order valence-electron chi connectivity index (χ4n) is 2.52. The van der Waals surface area contributed by atoms with E-state index in [1.54, 1.807) is 0 Å². The molecule has 1 aromatic carbocycles. The zero-order valence-electron chi connectivity index (χ0n) is 13.3. The first-order valence-corrected chi connectivity index (χ1v) is 7.25. The molecule has 21 heavy (non-hydrogen) atoms. The van der Waals surface area contributed by atoms with Crippen molar-refractivity contribution in [3.05, 3.63) is 61.2 Å². The number of likely N-dealkylation sites (N-methyl/N-ethyl adjacent to an activating group) is 1. The number of benzene rings is 1. The molecule has 1 aromatic rings. The molecule has 0 fully saturated rings. The van der Waals surface area contributed by atoms with Crippen molar-refractivity contribution in [1.29, 1.82) is 0 Å². The molecular formula is C18H26NO2+. The van der Waals surface area contributed by atoms with Crippen LogP contribution in [0.1, 0.15) is 25.8 Å². The molecule has 3 heteroatoms. The van der Waals surface area contributed by atoms with E-state index in [9.17, 15) is 4.79 Å². The Hall–Kier alpha value is -1.87. The predicted molar refractivity (Wildman–Crippen MR) is 86.4 cm³/mol. The molecule has 3 nitrogen and oxygen atoms in total. The number of ether oxygens (including phenoxy) is 1. The number of esters is 1. The summed E-state index contributed by atoms with van der Waals surface area (Å²) in [5, 5.41) is 0. The molecule has 0 heterocycles. The number of quaternary nitrogens is 1. The minimum atomic E-state index is -0.630. The Labute approximate surface area is 128 Å². The first-order chi connectivity index (χ1) is 9.90. The maximum Gasteiger partial charge on any atom is 0.334 e. The number of carbonyl (C=O) groups is 1. The Morgan fingerprint density at radius 1 is 1.33 bits per heavy atom. The van der Waals surface area contributed by atoms with Gasteiger partial charge in [0.25, 0.3) is 0 Å². The predicted octanol–water partition coefficient (Wildman–Crippen LogP) is 3.67. The van der Waals surface area contributed by atoms with Crippen LogP contribution in [0, 0.1) is 0 Å². The van der Waals surface area contributed by atoms with E-state index >= 15 is 0 Å². The van der Waals surface area contributed by atoms with Gasteiger partial charge in [-0.2, -0.15) is 0 Å². The van der Waals surface area contributed by atoms with Gasteiger partial charge in [0, 0.05) is 25.0 Å². The van der Waals surface area contributed by atoms with Crippen LogP contribution in [0.5, 0.6) is 0 Å². The van der Waals surface area contributed by atoms with Gasteiger partial charge in [-0.25, -0.2) is 4.79 Å². The van der Waals surface area contributed by atoms with E-state index < -0.39 is 5.72 Å². The highest BCUT2D eigenvalue weighted by atomic mass is 16.6. The first kappa shape index (κ1) is 17.2. The molecule has 1 rings (SSSR count). The summed E-state index contributed by atoms with van der Waals surface area (Å²) in [6, 6.07) is 10.2. The normalized spacial score (nSPS) is 16.3. The fraction of sp³-hybridized carbons (Fsp3) is 0.389. The lowest BCUT2D eigenvalue weighted by Crippen LogP contribution is -2.61. The van der Waals surface area contributed by atoms with Crippen LogP contribution in [0.2, 0.25) is 0 Å². The van der Waals surface area contributed by atoms with Gasteiger partial charge >= 0.3 is 5.97 Å². The Balaban J connectivity index is 3.13. The van der Waals surface area contributed by atoms with Crippen molar-refractivity contribution in [1.82, 2.24) is 0 Å². The van der Waals surface area contributed by atoms with Gasteiger partial charge in [0.2, 0.25) is 5.72 Å². The van der Waals surface area contributed by atoms with Crippen LogP contribution in [0.4, 0.5) is 0 Å². The number of rotatable bonds is 8. The Morgan fingerprint density at radius 3 is 2.43 bits per heavy atom. The molecule has 114 valence electrons. The lowest BCUT2D eigenvalue weighted by molar-refractivity contribution is -0.986. The maximum absolute atomic E-state index is 11.7. The lowest BCUT2D eigenvalue weighted by atomic mass is 10.0. The number of hydrogen-bond acceptors (Lipinski definition) is 2. The van der Waals surface area contributed by atoms with Crippen molar-refractivity contribution in [2.24, 2.45) is 0 Å². The van der Waals surface area contributed by atoms with Crippen LogP contribution in [-0.4, -0.2) is 29.8 Å². The van der Waals surface area contributed by atoms with Gasteiger partial charge in [-0.1, -0.05) is 50.4 Å². The molecule has 0 radical (unpaired) electrons. The highest BCUT2D eigenvalue weighted by Crippen LogP contribution is 2.31. The molecule has 0 aliphatic carbocycles. The topological polar surface area (TPSA) is 26.3 Å². The smallest absolute Gasteiger partial charge is 0.334 e. The molecule has 0 amide bonds. The Morgan fingerprint density at radius 2 is 1.95 bits per heavy atom. The summed E-state index contributed by atoms with van der Waals surface area (Å²) in [7, 11) is 2.09. The largest absolute Gasteiger partial charge is 0.407 e. The van der Waals surface area contributed by atoms with Crippen LogP contribution in [0.25, 0.3) is 0 Å². The highest BCUT2D eigenvalue weighted by molar-refractivity contribution is 5.81. The summed E-state index contributed by atoms with van der Waals surface area (Å²) < 4.78 is 6.25. The second kappa shape index (κ2) is 7.23. The number of carbonyl (C=O) groups excluding carboxylic acids is 1. The van der Waals surface area contributed by atoms with Crippen LogP contribution >= 0.6 is 0 Å². The summed E-state index contributed by atoms with van der Waals surface area (Å²) in [6.45, 7) is 12.8. The zero-order valence-corrected chi connectivity index (χ0v) is 13.3. The van der Waals surface area contributed by atoms with E-state index in [0.29, 0.717) is 17.4 Å². The lowest BCUT2D eigenvalue weighted by Gasteiger charge is -2.47. The highest BCUT2D eigenvalue weighted by Gasteiger charge is 2.45. The molecule has 0 spiro atoms. The average molecular weight is 288 g/mol. The van der Waals surface area contributed by atoms with Crippen molar-refractivity contribution < 1.29 is 14.0 Å². The van der Waals surface area contributed by atoms with Gasteiger partial charge in [0.1, 0.15) is 13.1 Å². The van der Waals surface area contributed by atoms with Crippen molar-refractivity contribution >= 4 is 5.97 Å². The van der Waals surface area contributed by atoms with E-state index in [2.05, 4.69) is 32.3 Å². The molecule has 0 aliphatic heterocycles. The molecular weight excluding hydrogens is 262 g/mol. The standard InChI is InChI=1S/C18H26NO2/c1-6-14-19(5,15-16-12-10-9-11-13-16)18(4,8-3)21-17(20)7-2/h6-7,9-13H,1-2,8,14-15H2,3-5H3/q+1. The minimum Gasteiger partial charge on any atom is -0.407 e. The van der Waals surface area contributed by atoms with Gasteiger partial charge in [0.05, 0.1) is 7.05 Å². The summed E-state index contributed by atoms with van der Waals surface area (Å²) in [6.07, 6.45) is 3.80. The van der Waals surface area contributed by atoms with Gasteiger partial charge in [-0.15, -0.1) is 0 Å². The van der Waals surface area contributed by atoms with E-state index in [0.717, 1.165) is 6.54 Å². The van der Waals surface area contributed by atoms with E-state index in [4.69, 9.17) is 4.74 Å². The maximum atomic E-state index is 11.7. The second-order valence-corrected chi connectivity index (χ2v) is 5.66. The van der Waals surface area contributed by atoms with E-state index in [1.165, 1.54) is 11.6 Å². The zero-order chi connectivity index (χ0) is 15.9. The van der Waals surface area contributed by atoms with Gasteiger partial charge < -0.3 is 4.74 Å². The number of nitrogens with zero attached hydrogens (tertiary/aromatic N) is 1. The van der Waals surface area contributed by atoms with Gasteiger partial charge in [-0.3, -0.25) is 4.48 Å². The Kier molecular flexibility index (Phi) is 5.91. The van der Waals surface area contributed by atoms with Gasteiger partial charge in [-0.05, 0) is 6.08 Å². The SMILES string of the molecule is C=CC[N+](C)(Cc1ccccc1)C(C)(CC)OC(=O)C=C. The third-order valence-corrected chi connectivity index (χ3v) is 4.19. The van der Waals surface area contributed by atoms with Crippen molar-refractivity contribution in [2.45, 2.75) is 32.5 Å². The van der Waals surface area contributed by atoms with Crippen LogP contribution in [-0.2, 0) is 16.1 Å². The third-order valence-electron chi connectivity index (χ3n) is 4.19. The molecule has 0 aliphatic rings. The van der Waals surface area contributed by atoms with Gasteiger partial charge in [0.15, 0.2) is 0 Å². The number of hydrogen-bond donors (Lipinski definition) is 0. The quantitative estimate of drug-likeness (QED) is 0.240. The fourth-order valence-corrected chi connectivity index (χ4v) is 2.52. The van der Waals surface area contributed by atoms with Crippen molar-refractivity contribution in [3.8, 4) is 0 Å². The summed E-state index contributed by atoms with van der Waals surface area (Å²) in [5.41, 5.74) is 0.575. The summed E-state index contributed by atoms with van der Waals surface area (Å²) in [5.74, 6) is -0.388. The second-order valence-electron chi connectivity index (χ2n) is 5.66. The first-order valence-electron chi connectivity index (χ1n) is 7.25. The van der Waals surface area contributed by atoms with Crippen LogP contribution < -0.4 is 0 Å². The van der Waals surface area contributed by atoms with Crippen LogP contribution in [0.15, 0.2) is 55.6 Å². The minimum absolute atomic E-state index is 0.388. The van der Waals surface area contributed by atoms with Crippen molar-refractivity contribution in [2.75, 3.05) is 13.6 Å². The molecule has 0 N–H and O–H groups in total. The molecule has 2 atom stereocenters. The van der Waals surface area contributed by atoms with Crippen LogP contribution in [0.3, 0.4) is 0 Å². The molecule has 0 bridgehead atoms. The molecule has 2 unspecified atom stereocenters. The van der Waals surface area contributed by atoms with E-state index in [-0.39, 0.29) is 5.97 Å². The van der Waals surface area contributed by atoms with Crippen molar-refractivity contribution in [3.63, 3.8) is 0 Å². The summed E-state index contributed by atoms with van der Waals surface area (Å²) >= 11 is 0. The summed E-state index contributed by atoms with van der Waals surface area (Å²) in [4.78, 5) is 11.7. The molecule has 0 saturated heterocycles. The Bertz CT molecular complexity index is 497. The molecule has 0 saturated carbocycles. The average Bonchev–Trinajstić information content (AvgIpc) is 2.48. The van der Waals surface area contributed by atoms with E-state index in [1.807, 2.05) is 38.1 Å². The monoisotopic (exact) mass is 288 g/mol.